The van der Waals surface area contributed by atoms with Crippen LogP contribution in [0.25, 0.3) is 10.9 Å². The Labute approximate surface area is 178 Å². The molecule has 0 aliphatic carbocycles. The van der Waals surface area contributed by atoms with Gasteiger partial charge in [0.25, 0.3) is 5.56 Å². The number of hydrogen-bond donors (Lipinski definition) is 0. The summed E-state index contributed by atoms with van der Waals surface area (Å²) < 4.78 is 24.8. The van der Waals surface area contributed by atoms with Crippen LogP contribution in [0.15, 0.2) is 52.4 Å². The van der Waals surface area contributed by atoms with Gasteiger partial charge in [0.05, 0.1) is 23.6 Å². The molecule has 0 fully saturated rings. The van der Waals surface area contributed by atoms with Crippen molar-refractivity contribution >= 4 is 28.6 Å². The number of fused-ring (bicyclic) bond motifs is 1. The lowest BCUT2D eigenvalue weighted by molar-refractivity contribution is 0.0601. The normalized spacial score (nSPS) is 12.1. The van der Waals surface area contributed by atoms with Gasteiger partial charge < -0.3 is 9.47 Å². The molecule has 6 nitrogen and oxygen atoms in total. The molecule has 8 heteroatoms. The first-order chi connectivity index (χ1) is 14.4. The van der Waals surface area contributed by atoms with Crippen LogP contribution in [0.3, 0.4) is 0 Å². The van der Waals surface area contributed by atoms with Gasteiger partial charge in [0.2, 0.25) is 0 Å². The predicted octanol–water partition coefficient (Wildman–Crippen LogP) is 4.21. The number of nitrogens with zero attached hydrogens (tertiary/aromatic N) is 2. The lowest BCUT2D eigenvalue weighted by atomic mass is 10.1. The number of esters is 1. The van der Waals surface area contributed by atoms with Crippen LogP contribution in [-0.2, 0) is 16.0 Å². The summed E-state index contributed by atoms with van der Waals surface area (Å²) in [7, 11) is 2.92. The number of rotatable bonds is 8. The largest absolute Gasteiger partial charge is 0.465 e. The van der Waals surface area contributed by atoms with Gasteiger partial charge in [-0.15, -0.1) is 0 Å². The highest BCUT2D eigenvalue weighted by atomic mass is 32.2. The number of thioether (sulfide) groups is 1. The van der Waals surface area contributed by atoms with Crippen molar-refractivity contribution in [3.63, 3.8) is 0 Å². The molecule has 0 saturated carbocycles. The number of halogens is 1. The highest BCUT2D eigenvalue weighted by molar-refractivity contribution is 7.99. The maximum Gasteiger partial charge on any atom is 0.337 e. The molecule has 1 atom stereocenters. The van der Waals surface area contributed by atoms with Crippen molar-refractivity contribution in [2.75, 3.05) is 20.8 Å². The molecule has 158 valence electrons. The number of ether oxygens (including phenoxy) is 2. The number of aromatic nitrogens is 2. The van der Waals surface area contributed by atoms with Crippen molar-refractivity contribution in [1.29, 1.82) is 0 Å². The van der Waals surface area contributed by atoms with E-state index in [-0.39, 0.29) is 16.6 Å². The van der Waals surface area contributed by atoms with Crippen LogP contribution in [0.4, 0.5) is 4.39 Å². The average molecular weight is 431 g/mol. The second kappa shape index (κ2) is 9.86. The van der Waals surface area contributed by atoms with Crippen LogP contribution in [0, 0.1) is 5.82 Å². The van der Waals surface area contributed by atoms with Gasteiger partial charge in [-0.3, -0.25) is 9.36 Å². The number of hydrogen-bond acceptors (Lipinski definition) is 6. The molecule has 0 amide bonds. The van der Waals surface area contributed by atoms with E-state index >= 15 is 0 Å². The van der Waals surface area contributed by atoms with Gasteiger partial charge in [-0.05, 0) is 49.2 Å². The van der Waals surface area contributed by atoms with Crippen LogP contribution in [0.2, 0.25) is 0 Å². The van der Waals surface area contributed by atoms with E-state index in [2.05, 4.69) is 4.98 Å². The maximum absolute atomic E-state index is 13.3. The third-order valence-corrected chi connectivity index (χ3v) is 5.84. The highest BCUT2D eigenvalue weighted by Crippen LogP contribution is 2.34. The first kappa shape index (κ1) is 22.0. The quantitative estimate of drug-likeness (QED) is 0.231. The molecule has 0 radical (unpaired) electrons. The van der Waals surface area contributed by atoms with Crippen molar-refractivity contribution in [3.05, 3.63) is 69.8 Å². The molecule has 0 N–H and O–H groups in total. The Hall–Kier alpha value is -2.71. The van der Waals surface area contributed by atoms with Gasteiger partial charge in [0.15, 0.2) is 5.16 Å². The van der Waals surface area contributed by atoms with Gasteiger partial charge in [-0.2, -0.15) is 0 Å². The molecule has 0 aliphatic heterocycles. The minimum Gasteiger partial charge on any atom is -0.465 e. The minimum atomic E-state index is -0.489. The molecular weight excluding hydrogens is 407 g/mol. The number of methoxy groups -OCH3 is 2. The van der Waals surface area contributed by atoms with Gasteiger partial charge in [0.1, 0.15) is 5.82 Å². The molecule has 0 spiro atoms. The predicted molar refractivity (Wildman–Crippen MR) is 115 cm³/mol. The van der Waals surface area contributed by atoms with E-state index in [9.17, 15) is 14.0 Å². The maximum atomic E-state index is 13.3. The molecule has 3 aromatic rings. The molecule has 0 bridgehead atoms. The van der Waals surface area contributed by atoms with Crippen LogP contribution >= 0.6 is 11.8 Å². The van der Waals surface area contributed by atoms with Crippen molar-refractivity contribution in [3.8, 4) is 0 Å². The fourth-order valence-electron chi connectivity index (χ4n) is 3.06. The van der Waals surface area contributed by atoms with Crippen LogP contribution in [0.1, 0.15) is 34.5 Å². The summed E-state index contributed by atoms with van der Waals surface area (Å²) in [5.41, 5.74) is 1.50. The molecular formula is C22H23FN2O4S. The van der Waals surface area contributed by atoms with Crippen molar-refractivity contribution in [1.82, 2.24) is 9.55 Å². The fourth-order valence-corrected chi connectivity index (χ4v) is 4.12. The van der Waals surface area contributed by atoms with Gasteiger partial charge >= 0.3 is 5.97 Å². The van der Waals surface area contributed by atoms with E-state index in [1.807, 2.05) is 6.92 Å². The molecule has 1 aromatic heterocycles. The number of carbonyl (C=O) groups is 1. The second-order valence-corrected chi connectivity index (χ2v) is 8.04. The fraction of sp³-hybridized carbons (Fsp3) is 0.318. The molecule has 2 aromatic carbocycles. The van der Waals surface area contributed by atoms with Crippen LogP contribution in [0.5, 0.6) is 0 Å². The monoisotopic (exact) mass is 430 g/mol. The van der Waals surface area contributed by atoms with Crippen LogP contribution < -0.4 is 5.56 Å². The second-order valence-electron chi connectivity index (χ2n) is 6.73. The SMILES string of the molecule is COCCCn1c(SC(C)c2ccc(F)cc2)nc2cc(C(=O)OC)ccc2c1=O. The molecule has 30 heavy (non-hydrogen) atoms. The summed E-state index contributed by atoms with van der Waals surface area (Å²) in [5, 5.41) is 0.897. The summed E-state index contributed by atoms with van der Waals surface area (Å²) in [6, 6.07) is 11.0. The van der Waals surface area contributed by atoms with E-state index in [4.69, 9.17) is 9.47 Å². The van der Waals surface area contributed by atoms with E-state index in [0.717, 1.165) is 5.56 Å². The van der Waals surface area contributed by atoms with Crippen LogP contribution in [-0.4, -0.2) is 36.3 Å². The molecule has 0 saturated heterocycles. The Morgan fingerprint density at radius 1 is 1.20 bits per heavy atom. The molecule has 1 unspecified atom stereocenters. The van der Waals surface area contributed by atoms with E-state index in [1.54, 1.807) is 42.0 Å². The third-order valence-electron chi connectivity index (χ3n) is 4.69. The van der Waals surface area contributed by atoms with Gasteiger partial charge in [-0.25, -0.2) is 14.2 Å². The molecule has 3 rings (SSSR count). The Morgan fingerprint density at radius 2 is 1.93 bits per heavy atom. The zero-order chi connectivity index (χ0) is 21.7. The Bertz CT molecular complexity index is 1100. The minimum absolute atomic E-state index is 0.0626. The Morgan fingerprint density at radius 3 is 2.60 bits per heavy atom. The summed E-state index contributed by atoms with van der Waals surface area (Å²) in [6.45, 7) is 2.94. The third kappa shape index (κ3) is 4.88. The smallest absolute Gasteiger partial charge is 0.337 e. The summed E-state index contributed by atoms with van der Waals surface area (Å²) in [5.74, 6) is -0.788. The zero-order valence-electron chi connectivity index (χ0n) is 17.1. The number of benzene rings is 2. The van der Waals surface area contributed by atoms with E-state index in [0.29, 0.717) is 41.2 Å². The summed E-state index contributed by atoms with van der Waals surface area (Å²) >= 11 is 1.41. The van der Waals surface area contributed by atoms with Gasteiger partial charge in [0, 0.05) is 25.5 Å². The topological polar surface area (TPSA) is 70.4 Å². The van der Waals surface area contributed by atoms with Crippen molar-refractivity contribution in [2.24, 2.45) is 0 Å². The zero-order valence-corrected chi connectivity index (χ0v) is 17.9. The van der Waals surface area contributed by atoms with E-state index < -0.39 is 5.97 Å². The van der Waals surface area contributed by atoms with Crippen molar-refractivity contribution in [2.45, 2.75) is 30.3 Å². The lowest BCUT2D eigenvalue weighted by Crippen LogP contribution is -2.24. The number of carbonyl (C=O) groups excluding carboxylic acids is 1. The average Bonchev–Trinajstić information content (AvgIpc) is 2.75. The van der Waals surface area contributed by atoms with Gasteiger partial charge in [-0.1, -0.05) is 23.9 Å². The Balaban J connectivity index is 2.05. The van der Waals surface area contributed by atoms with E-state index in [1.165, 1.54) is 31.0 Å². The standard InChI is InChI=1S/C22H23FN2O4S/c1-14(15-5-8-17(23)9-6-15)30-22-24-19-13-16(21(27)29-3)7-10-18(19)20(26)25(22)11-4-12-28-2/h5-10,13-14H,4,11-12H2,1-3H3. The first-order valence-corrected chi connectivity index (χ1v) is 10.4. The molecule has 0 aliphatic rings. The Kier molecular flexibility index (Phi) is 7.23. The van der Waals surface area contributed by atoms with Crippen molar-refractivity contribution < 1.29 is 18.7 Å². The summed E-state index contributed by atoms with van der Waals surface area (Å²) in [6.07, 6.45) is 0.655. The molecule has 1 heterocycles. The summed E-state index contributed by atoms with van der Waals surface area (Å²) in [4.78, 5) is 29.7. The first-order valence-electron chi connectivity index (χ1n) is 9.48. The lowest BCUT2D eigenvalue weighted by Gasteiger charge is -2.17. The highest BCUT2D eigenvalue weighted by Gasteiger charge is 2.17.